The normalized spacial score (nSPS) is 11.4. The molecule has 0 bridgehead atoms. The molecule has 0 saturated carbocycles. The molecule has 0 aliphatic rings. The van der Waals surface area contributed by atoms with Crippen molar-refractivity contribution in [1.82, 2.24) is 0 Å². The van der Waals surface area contributed by atoms with Crippen LogP contribution >= 0.6 is 0 Å². The molecule has 80 valence electrons. The zero-order valence-corrected chi connectivity index (χ0v) is 9.76. The summed E-state index contributed by atoms with van der Waals surface area (Å²) in [5.74, 6) is 0. The second-order valence-electron chi connectivity index (χ2n) is 2.28. The molecule has 0 N–H and O–H groups in total. The predicted octanol–water partition coefficient (Wildman–Crippen LogP) is 2.62. The molecular weight excluding hydrogens is 200 g/mol. The van der Waals surface area contributed by atoms with E-state index in [0.717, 1.165) is 5.56 Å². The number of hydrogen-bond acceptors (Lipinski definition) is 3. The maximum Gasteiger partial charge on any atom is 0.220 e. The Morgan fingerprint density at radius 1 is 1.14 bits per heavy atom. The lowest BCUT2D eigenvalue weighted by Gasteiger charge is -1.99. The van der Waals surface area contributed by atoms with Crippen LogP contribution in [0.15, 0.2) is 29.2 Å². The molecule has 4 heteroatoms. The maximum atomic E-state index is 11.1. The summed E-state index contributed by atoms with van der Waals surface area (Å²) in [5.41, 5.74) is 1.12. The summed E-state index contributed by atoms with van der Waals surface area (Å²) in [6, 6.07) is 7.22. The van der Waals surface area contributed by atoms with Crippen molar-refractivity contribution in [2.24, 2.45) is 0 Å². The van der Waals surface area contributed by atoms with Gasteiger partial charge in [-0.2, -0.15) is 0 Å². The van der Waals surface area contributed by atoms with Crippen molar-refractivity contribution in [2.75, 3.05) is 7.11 Å². The topological polar surface area (TPSA) is 35.5 Å². The van der Waals surface area contributed by atoms with Crippen LogP contribution in [-0.2, 0) is 20.3 Å². The van der Waals surface area contributed by atoms with Gasteiger partial charge in [-0.25, -0.2) is 9.10 Å². The van der Waals surface area contributed by atoms with Gasteiger partial charge in [-0.05, 0) is 19.1 Å². The minimum Gasteiger partial charge on any atom is -0.225 e. The van der Waals surface area contributed by atoms with E-state index in [1.807, 2.05) is 32.9 Å². The summed E-state index contributed by atoms with van der Waals surface area (Å²) < 4.78 is 15.6. The number of rotatable bonds is 3. The number of aryl methyl sites for hydroxylation is 1. The molecule has 0 aromatic heterocycles. The lowest BCUT2D eigenvalue weighted by Crippen LogP contribution is -1.96. The molecule has 1 atom stereocenters. The fraction of sp³-hybridized carbons (Fsp3) is 0.400. The Labute approximate surface area is 87.6 Å². The second-order valence-corrected chi connectivity index (χ2v) is 3.36. The standard InChI is InChI=1S/C8H10O3S.C2H6/c1-7-3-5-8(6-4-7)12(9)11-10-2;1-2/h3-6H,1-2H3;1-2H3. The monoisotopic (exact) mass is 216 g/mol. The summed E-state index contributed by atoms with van der Waals surface area (Å²) in [7, 11) is 1.33. The Balaban J connectivity index is 0.000000791. The van der Waals surface area contributed by atoms with Gasteiger partial charge in [0.2, 0.25) is 11.1 Å². The lowest BCUT2D eigenvalue weighted by molar-refractivity contribution is -0.166. The summed E-state index contributed by atoms with van der Waals surface area (Å²) in [6.45, 7) is 5.96. The number of hydrogen-bond donors (Lipinski definition) is 0. The van der Waals surface area contributed by atoms with Gasteiger partial charge in [-0.15, -0.1) is 4.33 Å². The Morgan fingerprint density at radius 3 is 2.07 bits per heavy atom. The van der Waals surface area contributed by atoms with Gasteiger partial charge in [0.1, 0.15) is 0 Å². The van der Waals surface area contributed by atoms with Gasteiger partial charge in [0, 0.05) is 0 Å². The first kappa shape index (κ1) is 13.3. The first-order chi connectivity index (χ1) is 6.74. The highest BCUT2D eigenvalue weighted by Gasteiger charge is 2.02. The number of benzene rings is 1. The highest BCUT2D eigenvalue weighted by molar-refractivity contribution is 7.80. The molecule has 0 heterocycles. The van der Waals surface area contributed by atoms with E-state index in [0.29, 0.717) is 4.90 Å². The van der Waals surface area contributed by atoms with E-state index in [1.165, 1.54) is 7.11 Å². The molecular formula is C10H16O3S. The van der Waals surface area contributed by atoms with Crippen LogP contribution in [0.3, 0.4) is 0 Å². The summed E-state index contributed by atoms with van der Waals surface area (Å²) >= 11 is -1.51. The first-order valence-corrected chi connectivity index (χ1v) is 5.51. The van der Waals surface area contributed by atoms with Crippen LogP contribution in [0.4, 0.5) is 0 Å². The van der Waals surface area contributed by atoms with Crippen LogP contribution in [0.5, 0.6) is 0 Å². The molecule has 0 radical (unpaired) electrons. The summed E-state index contributed by atoms with van der Waals surface area (Å²) in [6.07, 6.45) is 0. The zero-order chi connectivity index (χ0) is 11.0. The predicted molar refractivity (Wildman–Crippen MR) is 57.0 cm³/mol. The van der Waals surface area contributed by atoms with Gasteiger partial charge in [-0.1, -0.05) is 31.5 Å². The molecule has 0 saturated heterocycles. The van der Waals surface area contributed by atoms with Gasteiger partial charge in [0.15, 0.2) is 0 Å². The summed E-state index contributed by atoms with van der Waals surface area (Å²) in [4.78, 5) is 4.89. The molecule has 3 nitrogen and oxygen atoms in total. The van der Waals surface area contributed by atoms with E-state index < -0.39 is 11.1 Å². The Kier molecular flexibility index (Phi) is 7.28. The van der Waals surface area contributed by atoms with E-state index in [2.05, 4.69) is 9.22 Å². The van der Waals surface area contributed by atoms with Crippen LogP contribution in [0.1, 0.15) is 19.4 Å². The van der Waals surface area contributed by atoms with E-state index >= 15 is 0 Å². The molecule has 14 heavy (non-hydrogen) atoms. The largest absolute Gasteiger partial charge is 0.225 e. The lowest BCUT2D eigenvalue weighted by atomic mass is 10.2. The molecule has 1 unspecified atom stereocenters. The van der Waals surface area contributed by atoms with Crippen LogP contribution in [-0.4, -0.2) is 11.3 Å². The molecule has 1 aromatic carbocycles. The fourth-order valence-electron chi connectivity index (χ4n) is 0.750. The van der Waals surface area contributed by atoms with Gasteiger partial charge in [0.05, 0.1) is 12.0 Å². The van der Waals surface area contributed by atoms with Gasteiger partial charge >= 0.3 is 0 Å². The highest BCUT2D eigenvalue weighted by Crippen LogP contribution is 2.08. The Bertz CT molecular complexity index is 269. The third-order valence-corrected chi connectivity index (χ3v) is 2.26. The molecule has 0 aliphatic carbocycles. The molecule has 1 rings (SSSR count). The van der Waals surface area contributed by atoms with Gasteiger partial charge in [0.25, 0.3) is 0 Å². The van der Waals surface area contributed by atoms with Crippen molar-refractivity contribution in [2.45, 2.75) is 25.7 Å². The van der Waals surface area contributed by atoms with Crippen LogP contribution in [0.2, 0.25) is 0 Å². The Hall–Kier alpha value is -0.710. The minimum absolute atomic E-state index is 0.599. The molecule has 1 aromatic rings. The molecule has 0 fully saturated rings. The molecule has 0 spiro atoms. The van der Waals surface area contributed by atoms with Crippen molar-refractivity contribution in [1.29, 1.82) is 0 Å². The third-order valence-electron chi connectivity index (χ3n) is 1.34. The van der Waals surface area contributed by atoms with Crippen LogP contribution < -0.4 is 0 Å². The maximum absolute atomic E-state index is 11.1. The van der Waals surface area contributed by atoms with Crippen LogP contribution in [0, 0.1) is 6.92 Å². The van der Waals surface area contributed by atoms with E-state index in [1.54, 1.807) is 12.1 Å². The SMILES string of the molecule is CC.COOS(=O)c1ccc(C)cc1. The summed E-state index contributed by atoms with van der Waals surface area (Å²) in [5, 5.41) is 0. The van der Waals surface area contributed by atoms with Crippen LogP contribution in [0.25, 0.3) is 0 Å². The molecule has 0 amide bonds. The Morgan fingerprint density at radius 2 is 1.64 bits per heavy atom. The van der Waals surface area contributed by atoms with Crippen molar-refractivity contribution < 1.29 is 13.4 Å². The highest BCUT2D eigenvalue weighted by atomic mass is 32.2. The van der Waals surface area contributed by atoms with E-state index in [4.69, 9.17) is 0 Å². The second kappa shape index (κ2) is 7.67. The van der Waals surface area contributed by atoms with Crippen molar-refractivity contribution in [3.63, 3.8) is 0 Å². The van der Waals surface area contributed by atoms with E-state index in [9.17, 15) is 4.21 Å². The fourth-order valence-corrected chi connectivity index (χ4v) is 1.31. The minimum atomic E-state index is -1.51. The van der Waals surface area contributed by atoms with E-state index in [-0.39, 0.29) is 0 Å². The van der Waals surface area contributed by atoms with Crippen molar-refractivity contribution in [3.05, 3.63) is 29.8 Å². The zero-order valence-electron chi connectivity index (χ0n) is 8.94. The molecule has 0 aliphatic heterocycles. The smallest absolute Gasteiger partial charge is 0.220 e. The quantitative estimate of drug-likeness (QED) is 0.575. The third kappa shape index (κ3) is 4.50. The van der Waals surface area contributed by atoms with Gasteiger partial charge in [-0.3, -0.25) is 0 Å². The first-order valence-electron chi connectivity index (χ1n) is 4.43. The van der Waals surface area contributed by atoms with Crippen molar-refractivity contribution in [3.8, 4) is 0 Å². The van der Waals surface area contributed by atoms with Crippen molar-refractivity contribution >= 4 is 11.1 Å². The average molecular weight is 216 g/mol. The van der Waals surface area contributed by atoms with Gasteiger partial charge < -0.3 is 0 Å². The average Bonchev–Trinajstić information content (AvgIpc) is 2.22.